The Morgan fingerprint density at radius 3 is 2.36 bits per heavy atom. The van der Waals surface area contributed by atoms with Crippen LogP contribution in [0.4, 0.5) is 0 Å². The maximum absolute atomic E-state index is 12.3. The minimum absolute atomic E-state index is 0.328. The molecule has 0 bridgehead atoms. The van der Waals surface area contributed by atoms with Crippen LogP contribution in [-0.4, -0.2) is 46.1 Å². The van der Waals surface area contributed by atoms with Crippen LogP contribution in [0, 0.1) is 0 Å². The van der Waals surface area contributed by atoms with E-state index in [9.17, 15) is 4.79 Å². The number of hydrogen-bond donors (Lipinski definition) is 4. The van der Waals surface area contributed by atoms with Gasteiger partial charge in [0.1, 0.15) is 17.3 Å². The number of rotatable bonds is 9. The van der Waals surface area contributed by atoms with E-state index in [2.05, 4.69) is 73.9 Å². The molecule has 1 aliphatic rings. The van der Waals surface area contributed by atoms with Gasteiger partial charge in [-0.25, -0.2) is 14.8 Å². The lowest BCUT2D eigenvalue weighted by atomic mass is 10.0. The molecule has 1 saturated heterocycles. The van der Waals surface area contributed by atoms with Crippen LogP contribution in [0.5, 0.6) is 0 Å². The summed E-state index contributed by atoms with van der Waals surface area (Å²) in [6.45, 7) is 4.61. The molecule has 0 saturated carbocycles. The molecule has 2 aromatic carbocycles. The molecule has 0 aliphatic carbocycles. The average Bonchev–Trinajstić information content (AvgIpc) is 3.70. The molecular formula is C28H32N6O2. The molecular weight excluding hydrogens is 452 g/mol. The number of imidazole rings is 2. The van der Waals surface area contributed by atoms with Gasteiger partial charge >= 0.3 is 5.97 Å². The normalized spacial score (nSPS) is 15.3. The van der Waals surface area contributed by atoms with E-state index < -0.39 is 5.97 Å². The van der Waals surface area contributed by atoms with Crippen molar-refractivity contribution in [1.82, 2.24) is 30.6 Å². The molecule has 8 heteroatoms. The number of aromatic amines is 2. The lowest BCUT2D eigenvalue weighted by molar-refractivity contribution is 0.0595. The number of carbonyl (C=O) groups excluding carboxylic acids is 1. The van der Waals surface area contributed by atoms with Crippen LogP contribution in [0.3, 0.4) is 0 Å². The fourth-order valence-electron chi connectivity index (χ4n) is 4.59. The number of nitrogens with zero attached hydrogens (tertiary/aromatic N) is 2. The number of nitrogens with one attached hydrogen (secondary N) is 4. The molecule has 1 aliphatic heterocycles. The summed E-state index contributed by atoms with van der Waals surface area (Å²) in [5, 5.41) is 6.79. The molecule has 0 amide bonds. The van der Waals surface area contributed by atoms with Crippen molar-refractivity contribution in [1.29, 1.82) is 0 Å². The number of carbonyl (C=O) groups is 1. The van der Waals surface area contributed by atoms with Crippen molar-refractivity contribution in [2.24, 2.45) is 0 Å². The van der Waals surface area contributed by atoms with Crippen LogP contribution in [0.15, 0.2) is 54.7 Å². The highest BCUT2D eigenvalue weighted by atomic mass is 16.5. The lowest BCUT2D eigenvalue weighted by Crippen LogP contribution is -2.15. The van der Waals surface area contributed by atoms with E-state index in [1.165, 1.54) is 13.5 Å². The first-order chi connectivity index (χ1) is 17.7. The summed E-state index contributed by atoms with van der Waals surface area (Å²) >= 11 is 0. The largest absolute Gasteiger partial charge is 0.464 e. The van der Waals surface area contributed by atoms with E-state index in [1.54, 1.807) is 0 Å². The fraction of sp³-hybridized carbons (Fsp3) is 0.321. The summed E-state index contributed by atoms with van der Waals surface area (Å²) in [5.41, 5.74) is 6.17. The zero-order valence-electron chi connectivity index (χ0n) is 20.7. The Hall–Kier alpha value is -3.75. The van der Waals surface area contributed by atoms with Gasteiger partial charge in [-0.15, -0.1) is 0 Å². The second-order valence-electron chi connectivity index (χ2n) is 9.06. The van der Waals surface area contributed by atoms with Crippen LogP contribution < -0.4 is 10.6 Å². The monoisotopic (exact) mass is 484 g/mol. The van der Waals surface area contributed by atoms with Crippen LogP contribution in [0.2, 0.25) is 0 Å². The Kier molecular flexibility index (Phi) is 7.25. The van der Waals surface area contributed by atoms with E-state index in [-0.39, 0.29) is 0 Å². The first-order valence-corrected chi connectivity index (χ1v) is 12.5. The predicted molar refractivity (Wildman–Crippen MR) is 140 cm³/mol. The van der Waals surface area contributed by atoms with Crippen molar-refractivity contribution in [2.45, 2.75) is 38.8 Å². The summed E-state index contributed by atoms with van der Waals surface area (Å²) in [5.74, 6) is 1.30. The number of methoxy groups -OCH3 is 1. The van der Waals surface area contributed by atoms with Gasteiger partial charge in [-0.2, -0.15) is 0 Å². The Morgan fingerprint density at radius 2 is 1.72 bits per heavy atom. The molecule has 8 nitrogen and oxygen atoms in total. The molecule has 4 N–H and O–H groups in total. The topological polar surface area (TPSA) is 108 Å². The Bertz CT molecular complexity index is 1300. The minimum atomic E-state index is -0.426. The van der Waals surface area contributed by atoms with Crippen molar-refractivity contribution in [3.8, 4) is 33.6 Å². The van der Waals surface area contributed by atoms with E-state index in [0.717, 1.165) is 59.7 Å². The van der Waals surface area contributed by atoms with Crippen molar-refractivity contribution < 1.29 is 9.53 Å². The van der Waals surface area contributed by atoms with Gasteiger partial charge in [-0.1, -0.05) is 55.5 Å². The van der Waals surface area contributed by atoms with Crippen LogP contribution >= 0.6 is 0 Å². The number of aromatic nitrogens is 4. The molecule has 0 radical (unpaired) electrons. The van der Waals surface area contributed by atoms with Crippen LogP contribution in [-0.2, 0) is 11.3 Å². The summed E-state index contributed by atoms with van der Waals surface area (Å²) in [6.07, 6.45) is 5.25. The Morgan fingerprint density at radius 1 is 1.03 bits per heavy atom. The van der Waals surface area contributed by atoms with E-state index in [4.69, 9.17) is 4.74 Å². The molecule has 0 unspecified atom stereocenters. The molecule has 3 heterocycles. The van der Waals surface area contributed by atoms with Gasteiger partial charge in [0, 0.05) is 5.56 Å². The number of benzene rings is 2. The summed E-state index contributed by atoms with van der Waals surface area (Å²) < 4.78 is 4.97. The summed E-state index contributed by atoms with van der Waals surface area (Å²) in [6, 6.07) is 16.9. The van der Waals surface area contributed by atoms with Crippen LogP contribution in [0.1, 0.15) is 54.4 Å². The van der Waals surface area contributed by atoms with Gasteiger partial charge in [-0.05, 0) is 49.0 Å². The van der Waals surface area contributed by atoms with Gasteiger partial charge < -0.3 is 25.3 Å². The quantitative estimate of drug-likeness (QED) is 0.200. The number of ether oxygens (including phenoxy) is 1. The van der Waals surface area contributed by atoms with Gasteiger partial charge in [0.25, 0.3) is 0 Å². The SMILES string of the molecule is CCCNCc1nc(-c2ccc(-c3ccc(-c4cnc([C@@H]5CCCN5)[nH]4)cc3)cc2)c(C(=O)OC)[nH]1. The molecule has 0 spiro atoms. The van der Waals surface area contributed by atoms with Gasteiger partial charge in [0.2, 0.25) is 0 Å². The van der Waals surface area contributed by atoms with Gasteiger partial charge in [0.05, 0.1) is 31.6 Å². The van der Waals surface area contributed by atoms with E-state index in [1.807, 2.05) is 18.3 Å². The molecule has 4 aromatic rings. The third-order valence-electron chi connectivity index (χ3n) is 6.54. The van der Waals surface area contributed by atoms with Crippen molar-refractivity contribution in [3.63, 3.8) is 0 Å². The number of esters is 1. The first-order valence-electron chi connectivity index (χ1n) is 12.5. The molecule has 2 aromatic heterocycles. The zero-order valence-corrected chi connectivity index (χ0v) is 20.7. The molecule has 36 heavy (non-hydrogen) atoms. The fourth-order valence-corrected chi connectivity index (χ4v) is 4.59. The van der Waals surface area contributed by atoms with E-state index >= 15 is 0 Å². The average molecular weight is 485 g/mol. The smallest absolute Gasteiger partial charge is 0.356 e. The Labute approximate surface area is 210 Å². The maximum Gasteiger partial charge on any atom is 0.356 e. The highest BCUT2D eigenvalue weighted by molar-refractivity contribution is 5.94. The number of hydrogen-bond acceptors (Lipinski definition) is 6. The third kappa shape index (κ3) is 5.10. The number of H-pyrrole nitrogens is 2. The zero-order chi connectivity index (χ0) is 24.9. The molecule has 186 valence electrons. The van der Waals surface area contributed by atoms with Crippen molar-refractivity contribution >= 4 is 5.97 Å². The third-order valence-corrected chi connectivity index (χ3v) is 6.54. The van der Waals surface area contributed by atoms with Crippen molar-refractivity contribution in [2.75, 3.05) is 20.2 Å². The summed E-state index contributed by atoms with van der Waals surface area (Å²) in [4.78, 5) is 28.2. The highest BCUT2D eigenvalue weighted by Crippen LogP contribution is 2.29. The standard InChI is InChI=1S/C28H32N6O2/c1-3-14-29-17-24-33-25(26(34-24)28(35)36-2)21-12-8-19(9-13-21)18-6-10-20(11-7-18)23-16-31-27(32-23)22-5-4-15-30-22/h6-13,16,22,29-30H,3-5,14-15,17H2,1-2H3,(H,31,32)(H,33,34)/t22-/m0/s1. The van der Waals surface area contributed by atoms with Crippen LogP contribution in [0.25, 0.3) is 33.6 Å². The first kappa shape index (κ1) is 24.0. The lowest BCUT2D eigenvalue weighted by Gasteiger charge is -2.07. The Balaban J connectivity index is 1.33. The predicted octanol–water partition coefficient (Wildman–Crippen LogP) is 4.84. The van der Waals surface area contributed by atoms with E-state index in [0.29, 0.717) is 29.8 Å². The van der Waals surface area contributed by atoms with Gasteiger partial charge in [-0.3, -0.25) is 0 Å². The summed E-state index contributed by atoms with van der Waals surface area (Å²) in [7, 11) is 1.38. The molecule has 5 rings (SSSR count). The molecule has 1 atom stereocenters. The second-order valence-corrected chi connectivity index (χ2v) is 9.06. The highest BCUT2D eigenvalue weighted by Gasteiger charge is 2.20. The minimum Gasteiger partial charge on any atom is -0.464 e. The maximum atomic E-state index is 12.3. The van der Waals surface area contributed by atoms with Crippen molar-refractivity contribution in [3.05, 3.63) is 72.1 Å². The second kappa shape index (κ2) is 10.9. The van der Waals surface area contributed by atoms with Gasteiger partial charge in [0.15, 0.2) is 5.69 Å². The molecule has 1 fully saturated rings.